The van der Waals surface area contributed by atoms with Gasteiger partial charge < -0.3 is 14.2 Å². The van der Waals surface area contributed by atoms with Crippen molar-refractivity contribution in [3.8, 4) is 0 Å². The van der Waals surface area contributed by atoms with Gasteiger partial charge in [-0.05, 0) is 128 Å². The van der Waals surface area contributed by atoms with Gasteiger partial charge in [0.2, 0.25) is 0 Å². The minimum atomic E-state index is -0.795. The maximum Gasteiger partial charge on any atom is 0.306 e. The van der Waals surface area contributed by atoms with Gasteiger partial charge in [0.25, 0.3) is 0 Å². The Morgan fingerprint density at radius 3 is 0.800 bits per heavy atom. The molecule has 1 unspecified atom stereocenters. The second-order valence-electron chi connectivity index (χ2n) is 22.0. The highest BCUT2D eigenvalue weighted by atomic mass is 16.6. The highest BCUT2D eigenvalue weighted by Crippen LogP contribution is 2.16. The second-order valence-corrected chi connectivity index (χ2v) is 22.0. The number of carbonyl (C=O) groups is 3. The first-order valence-electron chi connectivity index (χ1n) is 33.5. The maximum absolute atomic E-state index is 12.9. The monoisotopic (exact) mass is 1110 g/mol. The SMILES string of the molecule is CC/C=C\C/C=C\C/C=C\C/C=C\C/C=C\CCCCCCCCCCCCCCCC(=O)OCC(COC(=O)CCCCCCC/C=C\C/C=C\CCCC)OC(=O)CCCCCCCC/C=C\C/C=C\C/C=C\CCCCC. The number of carbonyl (C=O) groups excluding carboxylic acids is 3. The summed E-state index contributed by atoms with van der Waals surface area (Å²) >= 11 is 0. The van der Waals surface area contributed by atoms with Crippen LogP contribution in [0.1, 0.15) is 310 Å². The zero-order chi connectivity index (χ0) is 57.8. The van der Waals surface area contributed by atoms with Gasteiger partial charge in [0.1, 0.15) is 13.2 Å². The average molecular weight is 1110 g/mol. The molecule has 0 spiro atoms. The Balaban J connectivity index is 4.32. The molecule has 0 aromatic rings. The van der Waals surface area contributed by atoms with Gasteiger partial charge in [0.15, 0.2) is 6.10 Å². The molecule has 6 nitrogen and oxygen atoms in total. The highest BCUT2D eigenvalue weighted by molar-refractivity contribution is 5.71. The Bertz CT molecular complexity index is 1650. The van der Waals surface area contributed by atoms with E-state index >= 15 is 0 Å². The molecule has 0 heterocycles. The third-order valence-corrected chi connectivity index (χ3v) is 14.2. The highest BCUT2D eigenvalue weighted by Gasteiger charge is 2.19. The van der Waals surface area contributed by atoms with E-state index in [1.807, 2.05) is 0 Å². The van der Waals surface area contributed by atoms with Gasteiger partial charge in [0.05, 0.1) is 0 Å². The van der Waals surface area contributed by atoms with E-state index in [-0.39, 0.29) is 31.1 Å². The van der Waals surface area contributed by atoms with Crippen LogP contribution in [0.5, 0.6) is 0 Å². The van der Waals surface area contributed by atoms with Crippen LogP contribution in [-0.4, -0.2) is 37.2 Å². The number of allylic oxidation sites excluding steroid dienone is 20. The number of rotatable bonds is 60. The van der Waals surface area contributed by atoms with Crippen LogP contribution < -0.4 is 0 Å². The summed E-state index contributed by atoms with van der Waals surface area (Å²) in [4.78, 5) is 38.4. The molecule has 0 N–H and O–H groups in total. The fourth-order valence-corrected chi connectivity index (χ4v) is 9.14. The molecule has 0 aromatic carbocycles. The second kappa shape index (κ2) is 67.3. The first-order valence-corrected chi connectivity index (χ1v) is 33.5. The molecule has 0 radical (unpaired) electrons. The summed E-state index contributed by atoms with van der Waals surface area (Å²) in [6.45, 7) is 6.45. The van der Waals surface area contributed by atoms with Gasteiger partial charge in [0, 0.05) is 19.3 Å². The minimum absolute atomic E-state index is 0.0895. The molecule has 80 heavy (non-hydrogen) atoms. The summed E-state index contributed by atoms with van der Waals surface area (Å²) in [6, 6.07) is 0. The quantitative estimate of drug-likeness (QED) is 0.0261. The summed E-state index contributed by atoms with van der Waals surface area (Å²) in [7, 11) is 0. The Kier molecular flexibility index (Phi) is 63.8. The molecule has 1 atom stereocenters. The van der Waals surface area contributed by atoms with Gasteiger partial charge in [-0.3, -0.25) is 14.4 Å². The van der Waals surface area contributed by atoms with Crippen molar-refractivity contribution in [3.05, 3.63) is 122 Å². The van der Waals surface area contributed by atoms with Crippen molar-refractivity contribution in [2.75, 3.05) is 13.2 Å². The third-order valence-electron chi connectivity index (χ3n) is 14.2. The topological polar surface area (TPSA) is 78.9 Å². The number of ether oxygens (including phenoxy) is 3. The molecule has 0 fully saturated rings. The predicted molar refractivity (Wildman–Crippen MR) is 348 cm³/mol. The van der Waals surface area contributed by atoms with E-state index in [4.69, 9.17) is 14.2 Å². The molecular formula is C74H124O6. The van der Waals surface area contributed by atoms with Crippen LogP contribution in [0.2, 0.25) is 0 Å². The summed E-state index contributed by atoms with van der Waals surface area (Å²) in [6.07, 6.45) is 93.5. The van der Waals surface area contributed by atoms with Crippen LogP contribution in [0.15, 0.2) is 122 Å². The van der Waals surface area contributed by atoms with E-state index in [0.717, 1.165) is 141 Å². The van der Waals surface area contributed by atoms with Crippen LogP contribution in [0.4, 0.5) is 0 Å². The normalized spacial score (nSPS) is 12.9. The van der Waals surface area contributed by atoms with Crippen molar-refractivity contribution in [3.63, 3.8) is 0 Å². The average Bonchev–Trinajstić information content (AvgIpc) is 3.46. The van der Waals surface area contributed by atoms with E-state index in [1.165, 1.54) is 128 Å². The standard InChI is InChI=1S/C74H124O6/c1-4-7-10-13-16-19-22-25-28-30-32-33-34-35-36-37-38-39-40-41-43-44-46-49-52-55-58-61-64-67-73(76)79-70-71(69-78-72(75)66-63-60-57-54-51-48-27-24-21-18-15-12-9-6-3)80-74(77)68-65-62-59-56-53-50-47-45-42-31-29-26-23-20-17-14-11-8-5-2/h7,10,15-20,24-29,32-33,35-36,42,45,71H,4-6,8-9,11-14,21-23,30-31,34,37-41,43-44,46-70H2,1-3H3/b10-7-,18-15-,19-16-,20-17-,27-24-,28-25-,29-26-,33-32-,36-35-,45-42-. The first-order chi connectivity index (χ1) is 39.5. The molecule has 0 aromatic heterocycles. The third kappa shape index (κ3) is 64.6. The molecule has 0 aliphatic carbocycles. The number of hydrogen-bond acceptors (Lipinski definition) is 6. The molecule has 0 aliphatic rings. The van der Waals surface area contributed by atoms with Crippen LogP contribution in [0.3, 0.4) is 0 Å². The van der Waals surface area contributed by atoms with Gasteiger partial charge >= 0.3 is 17.9 Å². The van der Waals surface area contributed by atoms with E-state index in [2.05, 4.69) is 142 Å². The smallest absolute Gasteiger partial charge is 0.306 e. The van der Waals surface area contributed by atoms with Crippen LogP contribution >= 0.6 is 0 Å². The molecule has 0 aliphatic heterocycles. The van der Waals surface area contributed by atoms with Gasteiger partial charge in [-0.2, -0.15) is 0 Å². The van der Waals surface area contributed by atoms with Gasteiger partial charge in [-0.1, -0.05) is 284 Å². The molecule has 0 saturated carbocycles. The molecule has 0 amide bonds. The lowest BCUT2D eigenvalue weighted by Crippen LogP contribution is -2.30. The van der Waals surface area contributed by atoms with Crippen LogP contribution in [0.25, 0.3) is 0 Å². The Hall–Kier alpha value is -4.19. The van der Waals surface area contributed by atoms with E-state index in [9.17, 15) is 14.4 Å². The van der Waals surface area contributed by atoms with E-state index < -0.39 is 6.10 Å². The number of unbranched alkanes of at least 4 members (excludes halogenated alkanes) is 29. The lowest BCUT2D eigenvalue weighted by atomic mass is 10.0. The van der Waals surface area contributed by atoms with Crippen molar-refractivity contribution in [1.82, 2.24) is 0 Å². The van der Waals surface area contributed by atoms with E-state index in [0.29, 0.717) is 19.3 Å². The Morgan fingerprint density at radius 1 is 0.263 bits per heavy atom. The number of esters is 3. The van der Waals surface area contributed by atoms with Gasteiger partial charge in [-0.15, -0.1) is 0 Å². The fourth-order valence-electron chi connectivity index (χ4n) is 9.14. The predicted octanol–water partition coefficient (Wildman–Crippen LogP) is 23.2. The Labute approximate surface area is 494 Å². The Morgan fingerprint density at radius 2 is 0.500 bits per heavy atom. The summed E-state index contributed by atoms with van der Waals surface area (Å²) in [5.74, 6) is -0.910. The molecule has 456 valence electrons. The van der Waals surface area contributed by atoms with Crippen molar-refractivity contribution >= 4 is 17.9 Å². The van der Waals surface area contributed by atoms with Gasteiger partial charge in [-0.25, -0.2) is 0 Å². The largest absolute Gasteiger partial charge is 0.462 e. The number of hydrogen-bond donors (Lipinski definition) is 0. The van der Waals surface area contributed by atoms with Crippen molar-refractivity contribution in [2.45, 2.75) is 316 Å². The summed E-state index contributed by atoms with van der Waals surface area (Å²) < 4.78 is 16.9. The zero-order valence-electron chi connectivity index (χ0n) is 52.3. The minimum Gasteiger partial charge on any atom is -0.462 e. The molecule has 0 bridgehead atoms. The zero-order valence-corrected chi connectivity index (χ0v) is 52.3. The van der Waals surface area contributed by atoms with Crippen LogP contribution in [0, 0.1) is 0 Å². The summed E-state index contributed by atoms with van der Waals surface area (Å²) in [5.41, 5.74) is 0. The molecule has 6 heteroatoms. The molecule has 0 saturated heterocycles. The van der Waals surface area contributed by atoms with Crippen LogP contribution in [-0.2, 0) is 28.6 Å². The van der Waals surface area contributed by atoms with Crippen molar-refractivity contribution in [1.29, 1.82) is 0 Å². The lowest BCUT2D eigenvalue weighted by Gasteiger charge is -2.18. The fraction of sp³-hybridized carbons (Fsp3) is 0.689. The lowest BCUT2D eigenvalue weighted by molar-refractivity contribution is -0.167. The summed E-state index contributed by atoms with van der Waals surface area (Å²) in [5, 5.41) is 0. The first kappa shape index (κ1) is 75.8. The van der Waals surface area contributed by atoms with Crippen molar-refractivity contribution in [2.24, 2.45) is 0 Å². The van der Waals surface area contributed by atoms with Crippen molar-refractivity contribution < 1.29 is 28.6 Å². The maximum atomic E-state index is 12.9. The molecular weight excluding hydrogens is 985 g/mol. The van der Waals surface area contributed by atoms with E-state index in [1.54, 1.807) is 0 Å². The molecule has 0 rings (SSSR count).